The van der Waals surface area contributed by atoms with E-state index in [1.165, 1.54) is 0 Å². The lowest BCUT2D eigenvalue weighted by Crippen LogP contribution is -2.47. The smallest absolute Gasteiger partial charge is 0.226 e. The molecule has 2 aromatic carbocycles. The molecule has 5 heteroatoms. The Labute approximate surface area is 166 Å². The highest BCUT2D eigenvalue weighted by Gasteiger charge is 2.23. The van der Waals surface area contributed by atoms with Crippen molar-refractivity contribution in [3.8, 4) is 5.75 Å². The minimum absolute atomic E-state index is 0.0466. The van der Waals surface area contributed by atoms with Gasteiger partial charge < -0.3 is 15.0 Å². The van der Waals surface area contributed by atoms with Gasteiger partial charge in [-0.25, -0.2) is 0 Å². The van der Waals surface area contributed by atoms with Gasteiger partial charge in [0.15, 0.2) is 0 Å². The molecule has 3 rings (SSSR count). The number of hydrogen-bond acceptors (Lipinski definition) is 3. The fourth-order valence-electron chi connectivity index (χ4n) is 3.49. The third kappa shape index (κ3) is 5.84. The molecular weight excluding hydrogens is 352 g/mol. The molecule has 0 spiro atoms. The van der Waals surface area contributed by atoms with E-state index in [1.54, 1.807) is 0 Å². The van der Waals surface area contributed by atoms with Crippen LogP contribution in [0.2, 0.25) is 0 Å². The van der Waals surface area contributed by atoms with Gasteiger partial charge in [-0.05, 0) is 43.0 Å². The summed E-state index contributed by atoms with van der Waals surface area (Å²) >= 11 is 0. The van der Waals surface area contributed by atoms with E-state index in [-0.39, 0.29) is 17.9 Å². The van der Waals surface area contributed by atoms with E-state index in [9.17, 15) is 9.59 Å². The second-order valence-corrected chi connectivity index (χ2v) is 7.14. The molecule has 28 heavy (non-hydrogen) atoms. The predicted molar refractivity (Wildman–Crippen MR) is 109 cm³/mol. The maximum absolute atomic E-state index is 12.6. The van der Waals surface area contributed by atoms with Gasteiger partial charge in [0, 0.05) is 19.1 Å². The van der Waals surface area contributed by atoms with Crippen LogP contribution in [0.15, 0.2) is 54.6 Å². The van der Waals surface area contributed by atoms with Crippen LogP contribution in [0.1, 0.15) is 30.9 Å². The third-order valence-corrected chi connectivity index (χ3v) is 5.01. The molecule has 1 fully saturated rings. The van der Waals surface area contributed by atoms with Crippen LogP contribution >= 0.6 is 0 Å². The average Bonchev–Trinajstić information content (AvgIpc) is 2.71. The molecule has 5 nitrogen and oxygen atoms in total. The first-order valence-corrected chi connectivity index (χ1v) is 9.97. The monoisotopic (exact) mass is 380 g/mol. The van der Waals surface area contributed by atoms with Crippen molar-refractivity contribution in [1.82, 2.24) is 10.2 Å². The van der Waals surface area contributed by atoms with Crippen molar-refractivity contribution in [2.45, 2.75) is 38.6 Å². The lowest BCUT2D eigenvalue weighted by Gasteiger charge is -2.32. The Morgan fingerprint density at radius 2 is 1.61 bits per heavy atom. The Balaban J connectivity index is 1.41. The van der Waals surface area contributed by atoms with E-state index >= 15 is 0 Å². The van der Waals surface area contributed by atoms with Gasteiger partial charge in [0.05, 0.1) is 19.4 Å². The van der Waals surface area contributed by atoms with Gasteiger partial charge in [0.1, 0.15) is 5.75 Å². The summed E-state index contributed by atoms with van der Waals surface area (Å²) in [5, 5.41) is 3.10. The number of carbonyl (C=O) groups excluding carboxylic acids is 2. The summed E-state index contributed by atoms with van der Waals surface area (Å²) in [6.07, 6.45) is 2.40. The summed E-state index contributed by atoms with van der Waals surface area (Å²) < 4.78 is 5.43. The molecule has 1 aliphatic rings. The summed E-state index contributed by atoms with van der Waals surface area (Å²) in [6.45, 7) is 3.96. The molecule has 0 unspecified atom stereocenters. The normalized spacial score (nSPS) is 14.5. The van der Waals surface area contributed by atoms with E-state index in [2.05, 4.69) is 5.32 Å². The van der Waals surface area contributed by atoms with E-state index in [0.717, 1.165) is 29.7 Å². The van der Waals surface area contributed by atoms with Gasteiger partial charge >= 0.3 is 0 Å². The van der Waals surface area contributed by atoms with Crippen LogP contribution in [0.4, 0.5) is 0 Å². The summed E-state index contributed by atoms with van der Waals surface area (Å²) in [6, 6.07) is 17.6. The second-order valence-electron chi connectivity index (χ2n) is 7.14. The summed E-state index contributed by atoms with van der Waals surface area (Å²) in [4.78, 5) is 26.7. The molecule has 2 amide bonds. The van der Waals surface area contributed by atoms with Crippen LogP contribution in [-0.4, -0.2) is 42.5 Å². The number of rotatable bonds is 7. The van der Waals surface area contributed by atoms with Crippen molar-refractivity contribution in [3.63, 3.8) is 0 Å². The molecule has 0 aliphatic carbocycles. The first-order chi connectivity index (χ1) is 13.6. The van der Waals surface area contributed by atoms with Crippen LogP contribution in [0, 0.1) is 0 Å². The fraction of sp³-hybridized carbons (Fsp3) is 0.391. The standard InChI is InChI=1S/C23H28N2O3/c1-2-28-21-10-8-19(9-11-21)17-23(27)25-14-12-20(13-15-25)24-22(26)16-18-6-4-3-5-7-18/h3-11,20H,2,12-17H2,1H3,(H,24,26). The Kier molecular flexibility index (Phi) is 7.06. The lowest BCUT2D eigenvalue weighted by molar-refractivity contribution is -0.131. The Bertz CT molecular complexity index is 766. The summed E-state index contributed by atoms with van der Waals surface area (Å²) in [5.74, 6) is 1.01. The van der Waals surface area contributed by atoms with Gasteiger partial charge in [0.25, 0.3) is 0 Å². The number of carbonyl (C=O) groups is 2. The molecular formula is C23H28N2O3. The van der Waals surface area contributed by atoms with Gasteiger partial charge in [-0.3, -0.25) is 9.59 Å². The Hall–Kier alpha value is -2.82. The van der Waals surface area contributed by atoms with Crippen molar-refractivity contribution in [2.24, 2.45) is 0 Å². The second kappa shape index (κ2) is 9.93. The van der Waals surface area contributed by atoms with E-state index in [1.807, 2.05) is 66.4 Å². The molecule has 1 heterocycles. The highest BCUT2D eigenvalue weighted by Crippen LogP contribution is 2.16. The van der Waals surface area contributed by atoms with E-state index in [0.29, 0.717) is 32.5 Å². The van der Waals surface area contributed by atoms with Crippen LogP contribution in [-0.2, 0) is 22.4 Å². The average molecular weight is 380 g/mol. The molecule has 0 saturated carbocycles. The van der Waals surface area contributed by atoms with E-state index < -0.39 is 0 Å². The van der Waals surface area contributed by atoms with Gasteiger partial charge in [-0.15, -0.1) is 0 Å². The van der Waals surface area contributed by atoms with Crippen molar-refractivity contribution in [3.05, 3.63) is 65.7 Å². The SMILES string of the molecule is CCOc1ccc(CC(=O)N2CCC(NC(=O)Cc3ccccc3)CC2)cc1. The molecule has 0 atom stereocenters. The predicted octanol–water partition coefficient (Wildman–Crippen LogP) is 2.98. The zero-order valence-electron chi connectivity index (χ0n) is 16.4. The molecule has 1 saturated heterocycles. The number of ether oxygens (including phenoxy) is 1. The number of benzene rings is 2. The number of nitrogens with one attached hydrogen (secondary N) is 1. The zero-order chi connectivity index (χ0) is 19.8. The Morgan fingerprint density at radius 1 is 0.964 bits per heavy atom. The van der Waals surface area contributed by atoms with Crippen molar-refractivity contribution < 1.29 is 14.3 Å². The minimum atomic E-state index is 0.0466. The van der Waals surface area contributed by atoms with Crippen LogP contribution in [0.25, 0.3) is 0 Å². The third-order valence-electron chi connectivity index (χ3n) is 5.01. The molecule has 1 aliphatic heterocycles. The lowest BCUT2D eigenvalue weighted by atomic mass is 10.0. The number of amides is 2. The topological polar surface area (TPSA) is 58.6 Å². The van der Waals surface area contributed by atoms with E-state index in [4.69, 9.17) is 4.74 Å². The van der Waals surface area contributed by atoms with Gasteiger partial charge in [-0.2, -0.15) is 0 Å². The molecule has 0 aromatic heterocycles. The molecule has 1 N–H and O–H groups in total. The quantitative estimate of drug-likeness (QED) is 0.803. The number of piperidine rings is 1. The number of nitrogens with zero attached hydrogens (tertiary/aromatic N) is 1. The maximum atomic E-state index is 12.6. The molecule has 2 aromatic rings. The Morgan fingerprint density at radius 3 is 2.25 bits per heavy atom. The number of hydrogen-bond donors (Lipinski definition) is 1. The first-order valence-electron chi connectivity index (χ1n) is 9.97. The van der Waals surface area contributed by atoms with Crippen LogP contribution in [0.3, 0.4) is 0 Å². The summed E-state index contributed by atoms with van der Waals surface area (Å²) in [5.41, 5.74) is 2.01. The number of likely N-dealkylation sites (tertiary alicyclic amines) is 1. The van der Waals surface area contributed by atoms with Gasteiger partial charge in [-0.1, -0.05) is 42.5 Å². The van der Waals surface area contributed by atoms with Crippen molar-refractivity contribution in [1.29, 1.82) is 0 Å². The zero-order valence-corrected chi connectivity index (χ0v) is 16.4. The highest BCUT2D eigenvalue weighted by molar-refractivity contribution is 5.80. The highest BCUT2D eigenvalue weighted by atomic mass is 16.5. The van der Waals surface area contributed by atoms with Crippen LogP contribution in [0.5, 0.6) is 5.75 Å². The molecule has 0 radical (unpaired) electrons. The van der Waals surface area contributed by atoms with Crippen molar-refractivity contribution >= 4 is 11.8 Å². The maximum Gasteiger partial charge on any atom is 0.226 e. The van der Waals surface area contributed by atoms with Crippen LogP contribution < -0.4 is 10.1 Å². The molecule has 0 bridgehead atoms. The van der Waals surface area contributed by atoms with Crippen molar-refractivity contribution in [2.75, 3.05) is 19.7 Å². The first kappa shape index (κ1) is 19.9. The largest absolute Gasteiger partial charge is 0.494 e. The fourth-order valence-corrected chi connectivity index (χ4v) is 3.49. The minimum Gasteiger partial charge on any atom is -0.494 e. The van der Waals surface area contributed by atoms with Gasteiger partial charge in [0.2, 0.25) is 11.8 Å². The molecule has 148 valence electrons. The summed E-state index contributed by atoms with van der Waals surface area (Å²) in [7, 11) is 0.